The summed E-state index contributed by atoms with van der Waals surface area (Å²) >= 11 is 7.22. The van der Waals surface area contributed by atoms with Gasteiger partial charge in [-0.05, 0) is 54.1 Å². The average molecular weight is 463 g/mol. The maximum atomic E-state index is 13.2. The number of Topliss-reactive ketones (excluding diaryl/α,β-unsaturated/α-hetero) is 1. The number of phenols is 1. The minimum Gasteiger partial charge on any atom is -0.508 e. The second-order valence-corrected chi connectivity index (χ2v) is 8.68. The van der Waals surface area contributed by atoms with E-state index in [0.29, 0.717) is 26.8 Å². The lowest BCUT2D eigenvalue weighted by molar-refractivity contribution is -0.132. The third kappa shape index (κ3) is 3.32. The largest absolute Gasteiger partial charge is 0.508 e. The zero-order chi connectivity index (χ0) is 22.4. The minimum atomic E-state index is -0.960. The lowest BCUT2D eigenvalue weighted by Gasteiger charge is -2.23. The quantitative estimate of drug-likeness (QED) is 0.245. The number of carbonyl (C=O) groups excluding carboxylic acids is 2. The number of aliphatic hydroxyl groups excluding tert-OH is 1. The van der Waals surface area contributed by atoms with Gasteiger partial charge < -0.3 is 10.2 Å². The van der Waals surface area contributed by atoms with E-state index in [1.807, 2.05) is 24.3 Å². The molecule has 2 N–H and O–H groups in total. The van der Waals surface area contributed by atoms with Crippen molar-refractivity contribution >= 4 is 55.7 Å². The standard InChI is InChI=1S/C24H15ClN2O4S/c25-15-10-8-13(9-11-15)21(29)19-20(14-4-3-5-16(28)12-14)27(23(31)22(19)30)24-26-17-6-1-2-7-18(17)32-24/h1-12,20,28-29H/t20-/m1/s1. The van der Waals surface area contributed by atoms with Gasteiger partial charge in [-0.2, -0.15) is 0 Å². The van der Waals surface area contributed by atoms with Crippen LogP contribution in [0.15, 0.2) is 78.4 Å². The molecule has 1 atom stereocenters. The van der Waals surface area contributed by atoms with Gasteiger partial charge in [-0.25, -0.2) is 4.98 Å². The zero-order valence-electron chi connectivity index (χ0n) is 16.4. The van der Waals surface area contributed by atoms with Crippen molar-refractivity contribution in [3.8, 4) is 5.75 Å². The number of para-hydroxylation sites is 1. The van der Waals surface area contributed by atoms with Crippen molar-refractivity contribution < 1.29 is 19.8 Å². The van der Waals surface area contributed by atoms with Crippen molar-refractivity contribution in [2.24, 2.45) is 0 Å². The molecule has 8 heteroatoms. The highest BCUT2D eigenvalue weighted by molar-refractivity contribution is 7.22. The van der Waals surface area contributed by atoms with Crippen LogP contribution in [0, 0.1) is 0 Å². The molecule has 0 aliphatic carbocycles. The fraction of sp³-hybridized carbons (Fsp3) is 0.0417. The van der Waals surface area contributed by atoms with Gasteiger partial charge in [0, 0.05) is 10.6 Å². The fourth-order valence-electron chi connectivity index (χ4n) is 3.77. The Morgan fingerprint density at radius 1 is 1.00 bits per heavy atom. The summed E-state index contributed by atoms with van der Waals surface area (Å²) in [6, 6.07) is 19.0. The third-order valence-electron chi connectivity index (χ3n) is 5.24. The predicted molar refractivity (Wildman–Crippen MR) is 124 cm³/mol. The van der Waals surface area contributed by atoms with Crippen LogP contribution in [-0.4, -0.2) is 26.9 Å². The van der Waals surface area contributed by atoms with Crippen molar-refractivity contribution in [3.05, 3.63) is 94.5 Å². The van der Waals surface area contributed by atoms with E-state index in [1.165, 1.54) is 28.4 Å². The Morgan fingerprint density at radius 3 is 2.47 bits per heavy atom. The first-order chi connectivity index (χ1) is 15.4. The molecule has 32 heavy (non-hydrogen) atoms. The first kappa shape index (κ1) is 20.2. The highest BCUT2D eigenvalue weighted by atomic mass is 35.5. The molecule has 1 aliphatic heterocycles. The summed E-state index contributed by atoms with van der Waals surface area (Å²) in [5.41, 5.74) is 1.43. The van der Waals surface area contributed by atoms with Crippen molar-refractivity contribution in [2.45, 2.75) is 6.04 Å². The van der Waals surface area contributed by atoms with Gasteiger partial charge >= 0.3 is 5.91 Å². The van der Waals surface area contributed by atoms with Gasteiger partial charge in [-0.3, -0.25) is 14.5 Å². The Kier molecular flexibility index (Phi) is 4.92. The van der Waals surface area contributed by atoms with E-state index in [1.54, 1.807) is 36.4 Å². The van der Waals surface area contributed by atoms with Crippen molar-refractivity contribution in [1.82, 2.24) is 4.98 Å². The molecule has 1 saturated heterocycles. The maximum absolute atomic E-state index is 13.2. The first-order valence-corrected chi connectivity index (χ1v) is 10.8. The Bertz CT molecular complexity index is 1380. The minimum absolute atomic E-state index is 0.0242. The van der Waals surface area contributed by atoms with E-state index in [2.05, 4.69) is 4.98 Å². The number of aromatic nitrogens is 1. The second kappa shape index (κ2) is 7.78. The second-order valence-electron chi connectivity index (χ2n) is 7.24. The summed E-state index contributed by atoms with van der Waals surface area (Å²) in [4.78, 5) is 32.1. The highest BCUT2D eigenvalue weighted by Crippen LogP contribution is 2.44. The smallest absolute Gasteiger partial charge is 0.301 e. The van der Waals surface area contributed by atoms with Crippen molar-refractivity contribution in [2.75, 3.05) is 4.90 Å². The molecule has 1 aromatic heterocycles. The molecule has 1 amide bonds. The van der Waals surface area contributed by atoms with E-state index in [9.17, 15) is 19.8 Å². The SMILES string of the molecule is O=C1C(=O)N(c2nc3ccccc3s2)[C@H](c2cccc(O)c2)C1=C(O)c1ccc(Cl)cc1. The van der Waals surface area contributed by atoms with E-state index >= 15 is 0 Å². The summed E-state index contributed by atoms with van der Waals surface area (Å²) in [7, 11) is 0. The van der Waals surface area contributed by atoms with Crippen LogP contribution in [0.5, 0.6) is 5.75 Å². The van der Waals surface area contributed by atoms with Crippen LogP contribution in [0.25, 0.3) is 16.0 Å². The molecule has 0 saturated carbocycles. The number of hydrogen-bond acceptors (Lipinski definition) is 6. The molecule has 1 fully saturated rings. The number of carbonyl (C=O) groups is 2. The van der Waals surface area contributed by atoms with Crippen LogP contribution in [0.3, 0.4) is 0 Å². The van der Waals surface area contributed by atoms with Gasteiger partial charge in [0.2, 0.25) is 0 Å². The number of amides is 1. The molecule has 6 nitrogen and oxygen atoms in total. The van der Waals surface area contributed by atoms with Crippen molar-refractivity contribution in [1.29, 1.82) is 0 Å². The summed E-state index contributed by atoms with van der Waals surface area (Å²) in [6.07, 6.45) is 0. The van der Waals surface area contributed by atoms with Crippen LogP contribution in [0.1, 0.15) is 17.2 Å². The summed E-state index contributed by atoms with van der Waals surface area (Å²) in [6.45, 7) is 0. The number of aromatic hydroxyl groups is 1. The third-order valence-corrected chi connectivity index (χ3v) is 6.52. The Hall–Kier alpha value is -3.68. The number of ketones is 1. The number of hydrogen-bond donors (Lipinski definition) is 2. The van der Waals surface area contributed by atoms with E-state index < -0.39 is 17.7 Å². The van der Waals surface area contributed by atoms with E-state index in [-0.39, 0.29) is 17.1 Å². The number of anilines is 1. The molecular weight excluding hydrogens is 448 g/mol. The summed E-state index contributed by atoms with van der Waals surface area (Å²) in [5, 5.41) is 21.9. The molecular formula is C24H15ClN2O4S. The molecule has 2 heterocycles. The lowest BCUT2D eigenvalue weighted by atomic mass is 9.95. The normalized spacial score (nSPS) is 17.9. The van der Waals surface area contributed by atoms with Crippen LogP contribution in [-0.2, 0) is 9.59 Å². The van der Waals surface area contributed by atoms with Gasteiger partial charge in [-0.1, -0.05) is 47.2 Å². The number of fused-ring (bicyclic) bond motifs is 1. The molecule has 3 aromatic carbocycles. The number of rotatable bonds is 3. The number of thiazole rings is 1. The number of halogens is 1. The number of nitrogens with zero attached hydrogens (tertiary/aromatic N) is 2. The van der Waals surface area contributed by atoms with Gasteiger partial charge in [0.15, 0.2) is 5.13 Å². The number of benzene rings is 3. The topological polar surface area (TPSA) is 90.7 Å². The Morgan fingerprint density at radius 2 is 1.75 bits per heavy atom. The van der Waals surface area contributed by atoms with Gasteiger partial charge in [0.25, 0.3) is 5.78 Å². The summed E-state index contributed by atoms with van der Waals surface area (Å²) < 4.78 is 0.858. The first-order valence-electron chi connectivity index (χ1n) is 9.65. The van der Waals surface area contributed by atoms with Crippen LogP contribution < -0.4 is 4.90 Å². The molecule has 0 unspecified atom stereocenters. The fourth-order valence-corrected chi connectivity index (χ4v) is 4.88. The van der Waals surface area contributed by atoms with E-state index in [4.69, 9.17) is 11.6 Å². The Labute approximate surface area is 191 Å². The van der Waals surface area contributed by atoms with Gasteiger partial charge in [0.1, 0.15) is 11.5 Å². The van der Waals surface area contributed by atoms with Crippen LogP contribution in [0.4, 0.5) is 5.13 Å². The lowest BCUT2D eigenvalue weighted by Crippen LogP contribution is -2.29. The number of aliphatic hydroxyl groups is 1. The summed E-state index contributed by atoms with van der Waals surface area (Å²) in [5.74, 6) is -1.97. The molecule has 5 rings (SSSR count). The zero-order valence-corrected chi connectivity index (χ0v) is 18.0. The average Bonchev–Trinajstić information content (AvgIpc) is 3.32. The molecule has 0 spiro atoms. The van der Waals surface area contributed by atoms with Crippen molar-refractivity contribution in [3.63, 3.8) is 0 Å². The molecule has 0 radical (unpaired) electrons. The highest BCUT2D eigenvalue weighted by Gasteiger charge is 2.48. The van der Waals surface area contributed by atoms with Crippen LogP contribution >= 0.6 is 22.9 Å². The molecule has 158 valence electrons. The van der Waals surface area contributed by atoms with Gasteiger partial charge in [0.05, 0.1) is 21.8 Å². The Balaban J connectivity index is 1.74. The molecule has 4 aromatic rings. The molecule has 1 aliphatic rings. The monoisotopic (exact) mass is 462 g/mol. The number of phenolic OH excluding ortho intramolecular Hbond substituents is 1. The van der Waals surface area contributed by atoms with Crippen LogP contribution in [0.2, 0.25) is 5.02 Å². The maximum Gasteiger partial charge on any atom is 0.301 e. The van der Waals surface area contributed by atoms with E-state index in [0.717, 1.165) is 4.70 Å². The predicted octanol–water partition coefficient (Wildman–Crippen LogP) is 5.28. The molecule has 0 bridgehead atoms. The van der Waals surface area contributed by atoms with Gasteiger partial charge in [-0.15, -0.1) is 0 Å².